The molecule has 5 nitrogen and oxygen atoms in total. The second-order valence-corrected chi connectivity index (χ2v) is 3.64. The van der Waals surface area contributed by atoms with E-state index in [0.29, 0.717) is 11.6 Å². The Kier molecular flexibility index (Phi) is 3.52. The third-order valence-electron chi connectivity index (χ3n) is 2.28. The van der Waals surface area contributed by atoms with Crippen LogP contribution in [0, 0.1) is 0 Å². The topological polar surface area (TPSA) is 75.9 Å². The zero-order chi connectivity index (χ0) is 13.9. The first-order chi connectivity index (χ1) is 8.99. The van der Waals surface area contributed by atoms with Gasteiger partial charge in [-0.2, -0.15) is 13.2 Å². The van der Waals surface area contributed by atoms with E-state index in [0.717, 1.165) is 12.1 Å². The molecule has 0 aliphatic heterocycles. The second-order valence-electron chi connectivity index (χ2n) is 3.64. The Balaban J connectivity index is 2.23. The zero-order valence-corrected chi connectivity index (χ0v) is 9.57. The first kappa shape index (κ1) is 13.1. The van der Waals surface area contributed by atoms with Crippen molar-refractivity contribution in [3.63, 3.8) is 0 Å². The molecule has 0 saturated carbocycles. The monoisotopic (exact) mass is 269 g/mol. The zero-order valence-electron chi connectivity index (χ0n) is 9.57. The Morgan fingerprint density at radius 2 is 1.79 bits per heavy atom. The first-order valence-electron chi connectivity index (χ1n) is 5.22. The molecule has 0 bridgehead atoms. The van der Waals surface area contributed by atoms with Crippen LogP contribution in [0.15, 0.2) is 36.7 Å². The maximum atomic E-state index is 12.5. The number of nitrogen functional groups attached to an aromatic ring is 1. The molecule has 4 N–H and O–H groups in total. The number of alkyl halides is 3. The van der Waals surface area contributed by atoms with Crippen molar-refractivity contribution in [2.75, 3.05) is 10.7 Å². The van der Waals surface area contributed by atoms with Crippen molar-refractivity contribution < 1.29 is 13.2 Å². The van der Waals surface area contributed by atoms with Gasteiger partial charge in [-0.3, -0.25) is 0 Å². The van der Waals surface area contributed by atoms with Crippen molar-refractivity contribution in [2.45, 2.75) is 6.18 Å². The summed E-state index contributed by atoms with van der Waals surface area (Å²) < 4.78 is 37.6. The van der Waals surface area contributed by atoms with Crippen molar-refractivity contribution >= 4 is 17.3 Å². The summed E-state index contributed by atoms with van der Waals surface area (Å²) in [6, 6.07) is 6.29. The lowest BCUT2D eigenvalue weighted by atomic mass is 10.2. The Bertz CT molecular complexity index is 570. The van der Waals surface area contributed by atoms with Crippen molar-refractivity contribution in [1.29, 1.82) is 0 Å². The summed E-state index contributed by atoms with van der Waals surface area (Å²) in [5, 5.41) is 2.74. The molecule has 100 valence electrons. The number of hydrogen-bond donors (Lipinski definition) is 3. The van der Waals surface area contributed by atoms with E-state index in [1.54, 1.807) is 0 Å². The number of nitrogens with two attached hydrogens (primary N) is 1. The molecule has 0 amide bonds. The maximum absolute atomic E-state index is 12.5. The molecule has 0 aliphatic rings. The molecule has 2 rings (SSSR count). The van der Waals surface area contributed by atoms with Crippen LogP contribution in [0.5, 0.6) is 0 Å². The molecule has 2 aromatic rings. The number of nitrogens with one attached hydrogen (secondary N) is 2. The molecule has 0 unspecified atom stereocenters. The van der Waals surface area contributed by atoms with E-state index in [1.807, 2.05) is 0 Å². The van der Waals surface area contributed by atoms with E-state index in [4.69, 9.17) is 5.84 Å². The van der Waals surface area contributed by atoms with E-state index in [9.17, 15) is 13.2 Å². The molecule has 0 fully saturated rings. The second kappa shape index (κ2) is 5.11. The number of benzene rings is 1. The lowest BCUT2D eigenvalue weighted by Crippen LogP contribution is -2.09. The minimum absolute atomic E-state index is 0.275. The van der Waals surface area contributed by atoms with Crippen LogP contribution in [0.3, 0.4) is 0 Å². The SMILES string of the molecule is NNc1cc(Nc2cccc(C(F)(F)F)c2)ncn1. The number of anilines is 3. The van der Waals surface area contributed by atoms with Crippen LogP contribution in [-0.4, -0.2) is 9.97 Å². The Labute approximate surface area is 106 Å². The van der Waals surface area contributed by atoms with E-state index in [2.05, 4.69) is 20.7 Å². The van der Waals surface area contributed by atoms with Gasteiger partial charge in [0.2, 0.25) is 0 Å². The molecule has 1 aromatic heterocycles. The van der Waals surface area contributed by atoms with Gasteiger partial charge in [-0.25, -0.2) is 15.8 Å². The van der Waals surface area contributed by atoms with Crippen LogP contribution < -0.4 is 16.6 Å². The Morgan fingerprint density at radius 3 is 2.47 bits per heavy atom. The highest BCUT2D eigenvalue weighted by molar-refractivity contribution is 5.59. The molecule has 8 heteroatoms. The molecular weight excluding hydrogens is 259 g/mol. The van der Waals surface area contributed by atoms with Crippen LogP contribution in [0.1, 0.15) is 5.56 Å². The summed E-state index contributed by atoms with van der Waals surface area (Å²) in [7, 11) is 0. The van der Waals surface area contributed by atoms with Gasteiger partial charge in [0.15, 0.2) is 0 Å². The van der Waals surface area contributed by atoms with Gasteiger partial charge in [0.25, 0.3) is 0 Å². The van der Waals surface area contributed by atoms with Crippen molar-refractivity contribution in [3.8, 4) is 0 Å². The minimum atomic E-state index is -4.38. The molecule has 0 aliphatic carbocycles. The number of aromatic nitrogens is 2. The summed E-state index contributed by atoms with van der Waals surface area (Å²) in [5.41, 5.74) is 1.86. The van der Waals surface area contributed by atoms with Gasteiger partial charge in [-0.15, -0.1) is 0 Å². The summed E-state index contributed by atoms with van der Waals surface area (Å²) in [5.74, 6) is 5.86. The van der Waals surface area contributed by atoms with E-state index >= 15 is 0 Å². The molecule has 1 aromatic carbocycles. The fourth-order valence-corrected chi connectivity index (χ4v) is 1.43. The third-order valence-corrected chi connectivity index (χ3v) is 2.28. The largest absolute Gasteiger partial charge is 0.416 e. The fourth-order valence-electron chi connectivity index (χ4n) is 1.43. The normalized spacial score (nSPS) is 11.2. The smallest absolute Gasteiger partial charge is 0.340 e. The van der Waals surface area contributed by atoms with Gasteiger partial charge in [-0.1, -0.05) is 6.07 Å². The summed E-state index contributed by atoms with van der Waals surface area (Å²) in [6.45, 7) is 0. The number of halogens is 3. The van der Waals surface area contributed by atoms with Crippen LogP contribution in [0.4, 0.5) is 30.5 Å². The molecule has 0 spiro atoms. The number of nitrogens with zero attached hydrogens (tertiary/aromatic N) is 2. The number of rotatable bonds is 3. The Hall–Kier alpha value is -2.35. The van der Waals surface area contributed by atoms with Crippen molar-refractivity contribution in [1.82, 2.24) is 9.97 Å². The highest BCUT2D eigenvalue weighted by Gasteiger charge is 2.30. The molecule has 0 atom stereocenters. The number of hydrogen-bond acceptors (Lipinski definition) is 5. The van der Waals surface area contributed by atoms with Crippen LogP contribution in [-0.2, 0) is 6.18 Å². The quantitative estimate of drug-likeness (QED) is 0.589. The van der Waals surface area contributed by atoms with Gasteiger partial charge < -0.3 is 10.7 Å². The van der Waals surface area contributed by atoms with Gasteiger partial charge in [-0.05, 0) is 18.2 Å². The van der Waals surface area contributed by atoms with Gasteiger partial charge in [0, 0.05) is 11.8 Å². The first-order valence-corrected chi connectivity index (χ1v) is 5.22. The summed E-state index contributed by atoms with van der Waals surface area (Å²) in [4.78, 5) is 7.66. The summed E-state index contributed by atoms with van der Waals surface area (Å²) >= 11 is 0. The lowest BCUT2D eigenvalue weighted by Gasteiger charge is -2.10. The van der Waals surface area contributed by atoms with Gasteiger partial charge >= 0.3 is 6.18 Å². The Morgan fingerprint density at radius 1 is 1.05 bits per heavy atom. The van der Waals surface area contributed by atoms with E-state index in [-0.39, 0.29) is 5.69 Å². The van der Waals surface area contributed by atoms with E-state index < -0.39 is 11.7 Å². The average Bonchev–Trinajstić information content (AvgIpc) is 2.38. The highest BCUT2D eigenvalue weighted by Crippen LogP contribution is 2.31. The van der Waals surface area contributed by atoms with Gasteiger partial charge in [0.05, 0.1) is 5.56 Å². The predicted octanol–water partition coefficient (Wildman–Crippen LogP) is 2.52. The standard InChI is InChI=1S/C11H10F3N5/c12-11(13,14)7-2-1-3-8(4-7)18-9-5-10(19-15)17-6-16-9/h1-6H,15H2,(H2,16,17,18,19). The van der Waals surface area contributed by atoms with Crippen molar-refractivity contribution in [2.24, 2.45) is 5.84 Å². The van der Waals surface area contributed by atoms with Crippen LogP contribution in [0.2, 0.25) is 0 Å². The van der Waals surface area contributed by atoms with Crippen LogP contribution in [0.25, 0.3) is 0 Å². The predicted molar refractivity (Wildman–Crippen MR) is 64.6 cm³/mol. The molecular formula is C11H10F3N5. The maximum Gasteiger partial charge on any atom is 0.416 e. The fraction of sp³-hybridized carbons (Fsp3) is 0.0909. The van der Waals surface area contributed by atoms with Gasteiger partial charge in [0.1, 0.15) is 18.0 Å². The number of hydrazine groups is 1. The van der Waals surface area contributed by atoms with Crippen molar-refractivity contribution in [3.05, 3.63) is 42.2 Å². The molecule has 19 heavy (non-hydrogen) atoms. The average molecular weight is 269 g/mol. The molecule has 1 heterocycles. The lowest BCUT2D eigenvalue weighted by molar-refractivity contribution is -0.137. The highest BCUT2D eigenvalue weighted by atomic mass is 19.4. The molecule has 0 saturated heterocycles. The minimum Gasteiger partial charge on any atom is -0.340 e. The molecule has 0 radical (unpaired) electrons. The third kappa shape index (κ3) is 3.32. The van der Waals surface area contributed by atoms with Crippen LogP contribution >= 0.6 is 0 Å². The summed E-state index contributed by atoms with van der Waals surface area (Å²) in [6.07, 6.45) is -3.14. The van der Waals surface area contributed by atoms with E-state index in [1.165, 1.54) is 24.5 Å².